The molecule has 2 unspecified atom stereocenters. The van der Waals surface area contributed by atoms with E-state index in [1.165, 1.54) is 24.4 Å². The molecule has 2 aromatic carbocycles. The molecule has 1 amide bonds. The summed E-state index contributed by atoms with van der Waals surface area (Å²) in [4.78, 5) is 11.4. The second-order valence-electron chi connectivity index (χ2n) is 8.64. The Hall–Kier alpha value is -3.24. The average molecular weight is 504 g/mol. The van der Waals surface area contributed by atoms with Crippen molar-refractivity contribution in [3.8, 4) is 5.75 Å². The van der Waals surface area contributed by atoms with Crippen molar-refractivity contribution in [2.24, 2.45) is 7.05 Å². The average Bonchev–Trinajstić information content (AvgIpc) is 3.25. The molecule has 1 aliphatic rings. The van der Waals surface area contributed by atoms with Crippen LogP contribution in [0.1, 0.15) is 29.0 Å². The predicted molar refractivity (Wildman–Crippen MR) is 127 cm³/mol. The van der Waals surface area contributed by atoms with Gasteiger partial charge in [-0.1, -0.05) is 6.07 Å². The Balaban J connectivity index is 1.47. The maximum Gasteiger partial charge on any atom is 0.242 e. The van der Waals surface area contributed by atoms with Crippen molar-refractivity contribution in [3.05, 3.63) is 83.2 Å². The Morgan fingerprint density at radius 2 is 1.91 bits per heavy atom. The van der Waals surface area contributed by atoms with Crippen LogP contribution in [0.2, 0.25) is 0 Å². The van der Waals surface area contributed by atoms with E-state index in [4.69, 9.17) is 4.74 Å². The molecule has 0 fully saturated rings. The number of ether oxygens (including phenoxy) is 1. The molecule has 0 spiro atoms. The van der Waals surface area contributed by atoms with Crippen LogP contribution >= 0.6 is 0 Å². The van der Waals surface area contributed by atoms with Gasteiger partial charge < -0.3 is 14.6 Å². The van der Waals surface area contributed by atoms with Gasteiger partial charge in [0.05, 0.1) is 4.90 Å². The molecule has 7 nitrogen and oxygen atoms in total. The number of hydrogen-bond acceptors (Lipinski definition) is 4. The number of carbonyl (C=O) groups is 1. The number of rotatable bonds is 10. The molecule has 35 heavy (non-hydrogen) atoms. The summed E-state index contributed by atoms with van der Waals surface area (Å²) >= 11 is 0. The van der Waals surface area contributed by atoms with Crippen LogP contribution in [-0.4, -0.2) is 38.6 Å². The number of fused-ring (bicyclic) bond motifs is 1. The van der Waals surface area contributed by atoms with E-state index >= 15 is 0 Å². The summed E-state index contributed by atoms with van der Waals surface area (Å²) in [5, 5.41) is 2.84. The normalized spacial score (nSPS) is 17.6. The summed E-state index contributed by atoms with van der Waals surface area (Å²) in [6, 6.07) is 10.4. The number of amides is 1. The number of benzene rings is 2. The van der Waals surface area contributed by atoms with Crippen molar-refractivity contribution >= 4 is 16.4 Å². The Morgan fingerprint density at radius 1 is 1.14 bits per heavy atom. The van der Waals surface area contributed by atoms with Gasteiger partial charge in [-0.2, -0.15) is 0 Å². The van der Waals surface area contributed by atoms with Crippen LogP contribution in [0.25, 0.3) is 0 Å². The van der Waals surface area contributed by atoms with Crippen LogP contribution in [0.4, 0.5) is 8.78 Å². The van der Waals surface area contributed by atoms with Gasteiger partial charge in [0.25, 0.3) is 0 Å². The van der Waals surface area contributed by atoms with Crippen LogP contribution in [0.15, 0.2) is 59.8 Å². The Labute approximate surface area is 203 Å². The van der Waals surface area contributed by atoms with E-state index in [2.05, 4.69) is 10.0 Å². The molecule has 0 bridgehead atoms. The van der Waals surface area contributed by atoms with Gasteiger partial charge in [0.15, 0.2) is 0 Å². The second kappa shape index (κ2) is 10.6. The highest BCUT2D eigenvalue weighted by molar-refractivity contribution is 7.89. The molecule has 4 rings (SSSR count). The van der Waals surface area contributed by atoms with Crippen molar-refractivity contribution in [2.75, 3.05) is 13.2 Å². The van der Waals surface area contributed by atoms with E-state index in [9.17, 15) is 22.0 Å². The lowest BCUT2D eigenvalue weighted by molar-refractivity contribution is -0.110. The third-order valence-electron chi connectivity index (χ3n) is 6.17. The summed E-state index contributed by atoms with van der Waals surface area (Å²) in [5.41, 5.74) is 2.51. The van der Waals surface area contributed by atoms with Gasteiger partial charge in [0.1, 0.15) is 24.0 Å². The third kappa shape index (κ3) is 6.07. The predicted octanol–water partition coefficient (Wildman–Crippen LogP) is 3.05. The fourth-order valence-electron chi connectivity index (χ4n) is 4.55. The molecule has 0 radical (unpaired) electrons. The molecule has 2 N–H and O–H groups in total. The Bertz CT molecular complexity index is 1290. The van der Waals surface area contributed by atoms with Crippen molar-refractivity contribution in [1.82, 2.24) is 14.6 Å². The van der Waals surface area contributed by atoms with Gasteiger partial charge in [0, 0.05) is 44.0 Å². The van der Waals surface area contributed by atoms with E-state index < -0.39 is 21.7 Å². The lowest BCUT2D eigenvalue weighted by Gasteiger charge is -2.34. The first-order valence-electron chi connectivity index (χ1n) is 11.3. The first-order chi connectivity index (χ1) is 16.7. The minimum Gasteiger partial charge on any atom is -0.492 e. The maximum atomic E-state index is 13.8. The minimum absolute atomic E-state index is 0.0790. The largest absolute Gasteiger partial charge is 0.492 e. The number of sulfonamides is 1. The second-order valence-corrected chi connectivity index (χ2v) is 10.4. The Morgan fingerprint density at radius 3 is 2.60 bits per heavy atom. The highest BCUT2D eigenvalue weighted by atomic mass is 32.2. The van der Waals surface area contributed by atoms with Gasteiger partial charge in [-0.05, 0) is 66.3 Å². The zero-order chi connectivity index (χ0) is 25.0. The van der Waals surface area contributed by atoms with Crippen molar-refractivity contribution in [3.63, 3.8) is 0 Å². The molecule has 10 heteroatoms. The van der Waals surface area contributed by atoms with E-state index in [1.807, 2.05) is 18.2 Å². The monoisotopic (exact) mass is 503 g/mol. The number of halogens is 2. The van der Waals surface area contributed by atoms with E-state index in [-0.39, 0.29) is 30.0 Å². The summed E-state index contributed by atoms with van der Waals surface area (Å²) in [6.07, 6.45) is 5.60. The van der Waals surface area contributed by atoms with Crippen molar-refractivity contribution < 1.29 is 26.7 Å². The standard InChI is InChI=1S/C25H27F2N3O4S/c1-30-8-6-22(15-30)35(32,33)29-7-9-34-21-4-2-18-3-5-25(28-16-31)24(23(18)14-21)12-17-10-19(26)13-20(27)11-17/h2,4,6,8,10-11,13-16,24-25,29H,3,5,7,9,12H2,1H3,(H,28,31). The van der Waals surface area contributed by atoms with Gasteiger partial charge in [-0.25, -0.2) is 21.9 Å². The number of aryl methyl sites for hydroxylation is 2. The zero-order valence-corrected chi connectivity index (χ0v) is 20.0. The highest BCUT2D eigenvalue weighted by Gasteiger charge is 2.30. The zero-order valence-electron chi connectivity index (χ0n) is 19.2. The number of hydrogen-bond donors (Lipinski definition) is 2. The topological polar surface area (TPSA) is 89.4 Å². The fourth-order valence-corrected chi connectivity index (χ4v) is 5.62. The Kier molecular flexibility index (Phi) is 7.51. The molecular formula is C25H27F2N3O4S. The quantitative estimate of drug-likeness (QED) is 0.329. The number of aromatic nitrogens is 1. The molecular weight excluding hydrogens is 476 g/mol. The van der Waals surface area contributed by atoms with Crippen LogP contribution in [-0.2, 0) is 34.7 Å². The molecule has 2 atom stereocenters. The first kappa shape index (κ1) is 24.9. The number of carbonyl (C=O) groups excluding carboxylic acids is 1. The van der Waals surface area contributed by atoms with E-state index in [0.29, 0.717) is 30.6 Å². The first-order valence-corrected chi connectivity index (χ1v) is 12.8. The van der Waals surface area contributed by atoms with Crippen molar-refractivity contribution in [1.29, 1.82) is 0 Å². The van der Waals surface area contributed by atoms with Gasteiger partial charge in [0.2, 0.25) is 16.4 Å². The van der Waals surface area contributed by atoms with Crippen LogP contribution < -0.4 is 14.8 Å². The SMILES string of the molecule is Cn1ccc(S(=O)(=O)NCCOc2ccc3c(c2)C(Cc2cc(F)cc(F)c2)C(NC=O)CC3)c1. The number of nitrogens with one attached hydrogen (secondary N) is 2. The lowest BCUT2D eigenvalue weighted by Crippen LogP contribution is -2.38. The van der Waals surface area contributed by atoms with Crippen LogP contribution in [0.3, 0.4) is 0 Å². The summed E-state index contributed by atoms with van der Waals surface area (Å²) in [5.74, 6) is -0.952. The van der Waals surface area contributed by atoms with E-state index in [1.54, 1.807) is 17.8 Å². The fraction of sp³-hybridized carbons (Fsp3) is 0.320. The minimum atomic E-state index is -3.63. The summed E-state index contributed by atoms with van der Waals surface area (Å²) in [7, 11) is -1.88. The highest BCUT2D eigenvalue weighted by Crippen LogP contribution is 2.36. The van der Waals surface area contributed by atoms with Gasteiger partial charge >= 0.3 is 0 Å². The molecule has 0 saturated carbocycles. The molecule has 1 heterocycles. The molecule has 1 aliphatic carbocycles. The smallest absolute Gasteiger partial charge is 0.242 e. The van der Waals surface area contributed by atoms with Gasteiger partial charge in [-0.15, -0.1) is 0 Å². The molecule has 1 aromatic heterocycles. The lowest BCUT2D eigenvalue weighted by atomic mass is 9.76. The van der Waals surface area contributed by atoms with Crippen molar-refractivity contribution in [2.45, 2.75) is 36.1 Å². The summed E-state index contributed by atoms with van der Waals surface area (Å²) in [6.45, 7) is 0.191. The maximum absolute atomic E-state index is 13.8. The molecule has 0 saturated heterocycles. The molecule has 3 aromatic rings. The van der Waals surface area contributed by atoms with Crippen LogP contribution in [0, 0.1) is 11.6 Å². The summed E-state index contributed by atoms with van der Waals surface area (Å²) < 4.78 is 62.2. The van der Waals surface area contributed by atoms with E-state index in [0.717, 1.165) is 23.6 Å². The number of nitrogens with zero attached hydrogens (tertiary/aromatic N) is 1. The molecule has 186 valence electrons. The molecule has 0 aliphatic heterocycles. The third-order valence-corrected chi connectivity index (χ3v) is 7.61. The van der Waals surface area contributed by atoms with Crippen LogP contribution in [0.5, 0.6) is 5.75 Å². The van der Waals surface area contributed by atoms with Gasteiger partial charge in [-0.3, -0.25) is 4.79 Å².